The lowest BCUT2D eigenvalue weighted by Gasteiger charge is -2.10. The third-order valence-electron chi connectivity index (χ3n) is 2.03. The van der Waals surface area contributed by atoms with Crippen LogP contribution in [0.1, 0.15) is 32.1 Å². The van der Waals surface area contributed by atoms with Crippen LogP contribution in [-0.2, 0) is 9.53 Å². The maximum Gasteiger partial charge on any atom is 0.319 e. The fourth-order valence-corrected chi connectivity index (χ4v) is 2.17. The zero-order valence-electron chi connectivity index (χ0n) is 9.73. The summed E-state index contributed by atoms with van der Waals surface area (Å²) in [5, 5.41) is 7.73. The number of carbonyl (C=O) groups is 1. The molecule has 5 nitrogen and oxygen atoms in total. The van der Waals surface area contributed by atoms with Gasteiger partial charge < -0.3 is 9.15 Å². The summed E-state index contributed by atoms with van der Waals surface area (Å²) < 4.78 is 9.96. The van der Waals surface area contributed by atoms with Crippen LogP contribution in [0.25, 0.3) is 0 Å². The average molecular weight is 244 g/mol. The maximum atomic E-state index is 11.5. The summed E-state index contributed by atoms with van der Waals surface area (Å²) in [6.07, 6.45) is 2.77. The summed E-state index contributed by atoms with van der Waals surface area (Å²) in [6, 6.07) is 0. The van der Waals surface area contributed by atoms with E-state index in [1.807, 2.05) is 0 Å². The first kappa shape index (κ1) is 13.0. The highest BCUT2D eigenvalue weighted by molar-refractivity contribution is 8.00. The van der Waals surface area contributed by atoms with Crippen molar-refractivity contribution in [2.45, 2.75) is 43.6 Å². The SMILES string of the molecule is CCCCC(Sc1nnc(C)o1)C(=O)OC. The first-order valence-electron chi connectivity index (χ1n) is 5.22. The molecule has 1 rings (SSSR count). The first-order valence-corrected chi connectivity index (χ1v) is 6.10. The molecule has 0 N–H and O–H groups in total. The zero-order chi connectivity index (χ0) is 12.0. The van der Waals surface area contributed by atoms with E-state index in [1.54, 1.807) is 6.92 Å². The number of rotatable bonds is 6. The topological polar surface area (TPSA) is 65.2 Å². The molecule has 1 aromatic rings. The lowest BCUT2D eigenvalue weighted by atomic mass is 10.2. The summed E-state index contributed by atoms with van der Waals surface area (Å²) in [5.41, 5.74) is 0. The number of ether oxygens (including phenoxy) is 1. The highest BCUT2D eigenvalue weighted by Gasteiger charge is 2.22. The number of nitrogens with zero attached hydrogens (tertiary/aromatic N) is 2. The van der Waals surface area contributed by atoms with Gasteiger partial charge in [0.15, 0.2) is 0 Å². The van der Waals surface area contributed by atoms with Gasteiger partial charge >= 0.3 is 5.97 Å². The number of esters is 1. The standard InChI is InChI=1S/C10H16N2O3S/c1-4-5-6-8(9(13)14-3)16-10-12-11-7(2)15-10/h8H,4-6H2,1-3H3. The second kappa shape index (κ2) is 6.52. The van der Waals surface area contributed by atoms with E-state index in [2.05, 4.69) is 17.1 Å². The van der Waals surface area contributed by atoms with Gasteiger partial charge in [0.25, 0.3) is 5.22 Å². The minimum absolute atomic E-state index is 0.241. The van der Waals surface area contributed by atoms with Crippen LogP contribution in [0.15, 0.2) is 9.64 Å². The van der Waals surface area contributed by atoms with E-state index in [9.17, 15) is 4.79 Å². The van der Waals surface area contributed by atoms with Gasteiger partial charge in [-0.25, -0.2) is 0 Å². The lowest BCUT2D eigenvalue weighted by molar-refractivity contribution is -0.140. The number of aryl methyl sites for hydroxylation is 1. The van der Waals surface area contributed by atoms with Gasteiger partial charge in [0, 0.05) is 6.92 Å². The van der Waals surface area contributed by atoms with E-state index >= 15 is 0 Å². The average Bonchev–Trinajstić information content (AvgIpc) is 2.69. The van der Waals surface area contributed by atoms with Crippen molar-refractivity contribution in [1.29, 1.82) is 0 Å². The Morgan fingerprint density at radius 1 is 1.56 bits per heavy atom. The van der Waals surface area contributed by atoms with Crippen molar-refractivity contribution in [3.8, 4) is 0 Å². The van der Waals surface area contributed by atoms with Gasteiger partial charge in [-0.1, -0.05) is 31.5 Å². The summed E-state index contributed by atoms with van der Waals surface area (Å²) in [5.74, 6) is 0.260. The molecule has 0 spiro atoms. The second-order valence-electron chi connectivity index (χ2n) is 3.36. The Hall–Kier alpha value is -1.04. The van der Waals surface area contributed by atoms with Crippen LogP contribution in [0, 0.1) is 6.92 Å². The smallest absolute Gasteiger partial charge is 0.319 e. The molecule has 1 heterocycles. The number of carbonyl (C=O) groups excluding carboxylic acids is 1. The van der Waals surface area contributed by atoms with E-state index in [4.69, 9.17) is 9.15 Å². The Morgan fingerprint density at radius 3 is 2.81 bits per heavy atom. The molecular formula is C10H16N2O3S. The molecule has 16 heavy (non-hydrogen) atoms. The molecule has 0 aliphatic heterocycles. The Morgan fingerprint density at radius 2 is 2.31 bits per heavy atom. The van der Waals surface area contributed by atoms with Gasteiger partial charge in [-0.15, -0.1) is 10.2 Å². The van der Waals surface area contributed by atoms with Gasteiger partial charge in [0.05, 0.1) is 7.11 Å². The van der Waals surface area contributed by atoms with Crippen molar-refractivity contribution >= 4 is 17.7 Å². The number of methoxy groups -OCH3 is 1. The second-order valence-corrected chi connectivity index (χ2v) is 4.51. The molecule has 0 saturated heterocycles. The molecule has 1 unspecified atom stereocenters. The summed E-state index contributed by atoms with van der Waals surface area (Å²) in [6.45, 7) is 3.80. The Balaban J connectivity index is 2.59. The van der Waals surface area contributed by atoms with Crippen molar-refractivity contribution in [3.05, 3.63) is 5.89 Å². The summed E-state index contributed by atoms with van der Waals surface area (Å²) in [4.78, 5) is 11.5. The van der Waals surface area contributed by atoms with Crippen molar-refractivity contribution in [2.75, 3.05) is 7.11 Å². The monoisotopic (exact) mass is 244 g/mol. The molecule has 0 fully saturated rings. The van der Waals surface area contributed by atoms with E-state index in [-0.39, 0.29) is 11.2 Å². The lowest BCUT2D eigenvalue weighted by Crippen LogP contribution is -2.18. The predicted octanol–water partition coefficient (Wildman–Crippen LogP) is 2.20. The van der Waals surface area contributed by atoms with Crippen LogP contribution >= 0.6 is 11.8 Å². The largest absolute Gasteiger partial charge is 0.468 e. The zero-order valence-corrected chi connectivity index (χ0v) is 10.5. The van der Waals surface area contributed by atoms with Gasteiger partial charge in [0.2, 0.25) is 5.89 Å². The molecule has 0 aliphatic rings. The number of hydrogen-bond acceptors (Lipinski definition) is 6. The van der Waals surface area contributed by atoms with Crippen LogP contribution in [0.3, 0.4) is 0 Å². The molecule has 0 saturated carbocycles. The molecule has 0 amide bonds. The fraction of sp³-hybridized carbons (Fsp3) is 0.700. The Labute approximate surface area is 99.0 Å². The minimum atomic E-state index is -0.259. The molecule has 0 bridgehead atoms. The Kier molecular flexibility index (Phi) is 5.31. The molecule has 0 radical (unpaired) electrons. The summed E-state index contributed by atoms with van der Waals surface area (Å²) in [7, 11) is 1.39. The Bertz CT molecular complexity index is 341. The molecule has 0 aromatic carbocycles. The van der Waals surface area contributed by atoms with Gasteiger partial charge in [-0.2, -0.15) is 0 Å². The van der Waals surface area contributed by atoms with E-state index in [0.717, 1.165) is 19.3 Å². The van der Waals surface area contributed by atoms with E-state index < -0.39 is 0 Å². The molecule has 1 aromatic heterocycles. The maximum absolute atomic E-state index is 11.5. The van der Waals surface area contributed by atoms with Crippen LogP contribution in [0.2, 0.25) is 0 Å². The van der Waals surface area contributed by atoms with Crippen molar-refractivity contribution in [1.82, 2.24) is 10.2 Å². The normalized spacial score (nSPS) is 12.4. The number of thioether (sulfide) groups is 1. The van der Waals surface area contributed by atoms with Crippen molar-refractivity contribution in [3.63, 3.8) is 0 Å². The number of unbranched alkanes of at least 4 members (excludes halogenated alkanes) is 1. The third-order valence-corrected chi connectivity index (χ3v) is 3.11. The molecule has 1 atom stereocenters. The highest BCUT2D eigenvalue weighted by atomic mass is 32.2. The molecular weight excluding hydrogens is 228 g/mol. The fourth-order valence-electron chi connectivity index (χ4n) is 1.19. The predicted molar refractivity (Wildman–Crippen MR) is 60.2 cm³/mol. The van der Waals surface area contributed by atoms with Crippen molar-refractivity contribution in [2.24, 2.45) is 0 Å². The van der Waals surface area contributed by atoms with Crippen LogP contribution in [0.5, 0.6) is 0 Å². The minimum Gasteiger partial charge on any atom is -0.468 e. The van der Waals surface area contributed by atoms with Crippen LogP contribution < -0.4 is 0 Å². The summed E-state index contributed by atoms with van der Waals surface area (Å²) >= 11 is 1.27. The molecule has 6 heteroatoms. The van der Waals surface area contributed by atoms with E-state index in [0.29, 0.717) is 11.1 Å². The molecule has 90 valence electrons. The quantitative estimate of drug-likeness (QED) is 0.564. The molecule has 0 aliphatic carbocycles. The van der Waals surface area contributed by atoms with Crippen molar-refractivity contribution < 1.29 is 13.9 Å². The van der Waals surface area contributed by atoms with Gasteiger partial charge in [0.1, 0.15) is 5.25 Å². The van der Waals surface area contributed by atoms with Crippen LogP contribution in [-0.4, -0.2) is 28.5 Å². The number of aromatic nitrogens is 2. The van der Waals surface area contributed by atoms with Gasteiger partial charge in [-0.05, 0) is 6.42 Å². The van der Waals surface area contributed by atoms with E-state index in [1.165, 1.54) is 18.9 Å². The first-order chi connectivity index (χ1) is 7.67. The third kappa shape index (κ3) is 3.84. The number of hydrogen-bond donors (Lipinski definition) is 0. The van der Waals surface area contributed by atoms with Crippen LogP contribution in [0.4, 0.5) is 0 Å². The van der Waals surface area contributed by atoms with Gasteiger partial charge in [-0.3, -0.25) is 4.79 Å². The highest BCUT2D eigenvalue weighted by Crippen LogP contribution is 2.26.